The number of thiophene rings is 1. The molecule has 1 amide bonds. The number of carbonyl (C=O) groups excluding carboxylic acids is 1. The molecular weight excluding hydrogens is 334 g/mol. The van der Waals surface area contributed by atoms with Gasteiger partial charge in [0.2, 0.25) is 5.91 Å². The first-order chi connectivity index (χ1) is 12.1. The van der Waals surface area contributed by atoms with E-state index >= 15 is 0 Å². The van der Waals surface area contributed by atoms with Gasteiger partial charge in [0, 0.05) is 31.7 Å². The van der Waals surface area contributed by atoms with Crippen LogP contribution in [0, 0.1) is 0 Å². The normalized spacial score (nSPS) is 18.0. The quantitative estimate of drug-likeness (QED) is 0.783. The number of nitrogens with zero attached hydrogens (tertiary/aromatic N) is 4. The van der Waals surface area contributed by atoms with Crippen LogP contribution in [0.5, 0.6) is 0 Å². The molecule has 1 saturated heterocycles. The van der Waals surface area contributed by atoms with Crippen molar-refractivity contribution in [3.8, 4) is 0 Å². The van der Waals surface area contributed by atoms with Crippen LogP contribution in [0.3, 0.4) is 0 Å². The van der Waals surface area contributed by atoms with Crippen LogP contribution >= 0.6 is 11.3 Å². The molecule has 0 unspecified atom stereocenters. The highest BCUT2D eigenvalue weighted by molar-refractivity contribution is 7.08. The Kier molecular flexibility index (Phi) is 4.17. The van der Waals surface area contributed by atoms with E-state index < -0.39 is 0 Å². The van der Waals surface area contributed by atoms with Crippen molar-refractivity contribution < 1.29 is 4.79 Å². The van der Waals surface area contributed by atoms with Gasteiger partial charge in [-0.3, -0.25) is 4.79 Å². The summed E-state index contributed by atoms with van der Waals surface area (Å²) < 4.78 is 1.72. The zero-order valence-electron chi connectivity index (χ0n) is 14.2. The van der Waals surface area contributed by atoms with Gasteiger partial charge in [-0.1, -0.05) is 0 Å². The van der Waals surface area contributed by atoms with E-state index in [1.807, 2.05) is 40.9 Å². The summed E-state index contributed by atoms with van der Waals surface area (Å²) in [4.78, 5) is 19.3. The molecule has 130 valence electrons. The van der Waals surface area contributed by atoms with Crippen LogP contribution in [0.25, 0.3) is 11.0 Å². The molecular formula is C18H21N5OS. The summed E-state index contributed by atoms with van der Waals surface area (Å²) in [6, 6.07) is 6.04. The van der Waals surface area contributed by atoms with Crippen molar-refractivity contribution in [1.82, 2.24) is 19.7 Å². The average Bonchev–Trinajstić information content (AvgIpc) is 3.23. The summed E-state index contributed by atoms with van der Waals surface area (Å²) in [5.41, 5.74) is 8.83. The predicted octanol–water partition coefficient (Wildman–Crippen LogP) is 2.56. The largest absolute Gasteiger partial charge is 0.382 e. The summed E-state index contributed by atoms with van der Waals surface area (Å²) in [6.45, 7) is 1.56. The molecule has 0 bridgehead atoms. The second-order valence-corrected chi connectivity index (χ2v) is 7.38. The van der Waals surface area contributed by atoms with Crippen LogP contribution in [-0.4, -0.2) is 38.7 Å². The summed E-state index contributed by atoms with van der Waals surface area (Å²) in [5.74, 6) is 0.974. The Morgan fingerprint density at radius 1 is 1.40 bits per heavy atom. The van der Waals surface area contributed by atoms with Gasteiger partial charge in [0.1, 0.15) is 0 Å². The number of aryl methyl sites for hydroxylation is 1. The molecule has 0 aromatic carbocycles. The first-order valence-corrected chi connectivity index (χ1v) is 9.44. The van der Waals surface area contributed by atoms with Crippen LogP contribution in [0.4, 0.5) is 5.82 Å². The van der Waals surface area contributed by atoms with E-state index in [2.05, 4.69) is 5.10 Å². The Morgan fingerprint density at radius 2 is 2.28 bits per heavy atom. The molecule has 3 aromatic heterocycles. The van der Waals surface area contributed by atoms with E-state index in [-0.39, 0.29) is 11.8 Å². The first-order valence-electron chi connectivity index (χ1n) is 8.50. The molecule has 0 aliphatic carbocycles. The van der Waals surface area contributed by atoms with Crippen molar-refractivity contribution >= 4 is 34.1 Å². The van der Waals surface area contributed by atoms with Gasteiger partial charge in [-0.2, -0.15) is 16.4 Å². The Bertz CT molecular complexity index is 902. The zero-order chi connectivity index (χ0) is 17.4. The van der Waals surface area contributed by atoms with E-state index in [1.54, 1.807) is 16.0 Å². The molecule has 0 saturated carbocycles. The Labute approximate surface area is 150 Å². The zero-order valence-corrected chi connectivity index (χ0v) is 15.0. The van der Waals surface area contributed by atoms with Crippen LogP contribution < -0.4 is 5.73 Å². The predicted molar refractivity (Wildman–Crippen MR) is 99.5 cm³/mol. The van der Waals surface area contributed by atoms with Gasteiger partial charge in [-0.15, -0.1) is 0 Å². The number of likely N-dealkylation sites (tertiary alicyclic amines) is 1. The second kappa shape index (κ2) is 6.48. The van der Waals surface area contributed by atoms with E-state index in [9.17, 15) is 4.79 Å². The van der Waals surface area contributed by atoms with Crippen molar-refractivity contribution in [2.45, 2.75) is 25.2 Å². The number of anilines is 1. The van der Waals surface area contributed by atoms with Gasteiger partial charge < -0.3 is 10.6 Å². The van der Waals surface area contributed by atoms with Crippen molar-refractivity contribution in [3.05, 3.63) is 40.2 Å². The van der Waals surface area contributed by atoms with Crippen molar-refractivity contribution in [2.24, 2.45) is 7.05 Å². The minimum atomic E-state index is 0.203. The summed E-state index contributed by atoms with van der Waals surface area (Å²) >= 11 is 1.63. The third-order valence-electron chi connectivity index (χ3n) is 4.86. The maximum atomic E-state index is 12.6. The highest BCUT2D eigenvalue weighted by Crippen LogP contribution is 2.28. The highest BCUT2D eigenvalue weighted by Gasteiger charge is 2.26. The SMILES string of the molecule is Cn1nc(N)c2ccc([C@H]3CCCN(C(=O)Cc4ccsc4)C3)nc21. The Morgan fingerprint density at radius 3 is 3.08 bits per heavy atom. The Hall–Kier alpha value is -2.41. The second-order valence-electron chi connectivity index (χ2n) is 6.60. The van der Waals surface area contributed by atoms with Crippen molar-refractivity contribution in [2.75, 3.05) is 18.8 Å². The van der Waals surface area contributed by atoms with Crippen LogP contribution in [0.15, 0.2) is 29.0 Å². The van der Waals surface area contributed by atoms with Gasteiger partial charge >= 0.3 is 0 Å². The molecule has 1 atom stereocenters. The fraction of sp³-hybridized carbons (Fsp3) is 0.389. The van der Waals surface area contributed by atoms with Crippen LogP contribution in [0.2, 0.25) is 0 Å². The summed E-state index contributed by atoms with van der Waals surface area (Å²) in [5, 5.41) is 9.17. The molecule has 1 aliphatic heterocycles. The molecule has 1 fully saturated rings. The molecule has 4 rings (SSSR count). The number of nitrogens with two attached hydrogens (primary N) is 1. The number of pyridine rings is 1. The minimum Gasteiger partial charge on any atom is -0.382 e. The van der Waals surface area contributed by atoms with E-state index in [0.29, 0.717) is 12.2 Å². The fourth-order valence-electron chi connectivity index (χ4n) is 3.52. The number of piperidine rings is 1. The number of aromatic nitrogens is 3. The molecule has 7 heteroatoms. The molecule has 3 aromatic rings. The maximum Gasteiger partial charge on any atom is 0.227 e. The number of hydrogen-bond acceptors (Lipinski definition) is 5. The van der Waals surface area contributed by atoms with Gasteiger partial charge in [-0.25, -0.2) is 9.67 Å². The van der Waals surface area contributed by atoms with Gasteiger partial charge in [-0.05, 0) is 47.4 Å². The number of carbonyl (C=O) groups is 1. The lowest BCUT2D eigenvalue weighted by Crippen LogP contribution is -2.40. The van der Waals surface area contributed by atoms with Crippen molar-refractivity contribution in [1.29, 1.82) is 0 Å². The third kappa shape index (κ3) is 3.11. The van der Waals surface area contributed by atoms with Crippen LogP contribution in [0.1, 0.15) is 30.0 Å². The number of fused-ring (bicyclic) bond motifs is 1. The van der Waals surface area contributed by atoms with E-state index in [4.69, 9.17) is 10.7 Å². The lowest BCUT2D eigenvalue weighted by atomic mass is 9.93. The lowest BCUT2D eigenvalue weighted by molar-refractivity contribution is -0.131. The molecule has 2 N–H and O–H groups in total. The lowest BCUT2D eigenvalue weighted by Gasteiger charge is -2.32. The van der Waals surface area contributed by atoms with E-state index in [1.165, 1.54) is 0 Å². The molecule has 25 heavy (non-hydrogen) atoms. The smallest absolute Gasteiger partial charge is 0.227 e. The number of nitrogen functional groups attached to an aromatic ring is 1. The number of hydrogen-bond donors (Lipinski definition) is 1. The topological polar surface area (TPSA) is 77.0 Å². The fourth-order valence-corrected chi connectivity index (χ4v) is 4.19. The molecule has 6 nitrogen and oxygen atoms in total. The summed E-state index contributed by atoms with van der Waals surface area (Å²) in [7, 11) is 1.85. The summed E-state index contributed by atoms with van der Waals surface area (Å²) in [6.07, 6.45) is 2.54. The van der Waals surface area contributed by atoms with Gasteiger partial charge in [0.05, 0.1) is 11.8 Å². The number of rotatable bonds is 3. The Balaban J connectivity index is 1.52. The molecule has 1 aliphatic rings. The van der Waals surface area contributed by atoms with E-state index in [0.717, 1.165) is 48.2 Å². The standard InChI is InChI=1S/C18H21N5OS/c1-22-18-14(17(19)21-22)4-5-15(20-18)13-3-2-7-23(10-13)16(24)9-12-6-8-25-11-12/h4-6,8,11,13H,2-3,7,9-10H2,1H3,(H2,19,21)/t13-/m0/s1. The molecule has 0 spiro atoms. The molecule has 0 radical (unpaired) electrons. The number of amides is 1. The third-order valence-corrected chi connectivity index (χ3v) is 5.60. The highest BCUT2D eigenvalue weighted by atomic mass is 32.1. The minimum absolute atomic E-state index is 0.203. The maximum absolute atomic E-state index is 12.6. The van der Waals surface area contributed by atoms with Crippen LogP contribution in [-0.2, 0) is 18.3 Å². The van der Waals surface area contributed by atoms with Gasteiger partial charge in [0.25, 0.3) is 0 Å². The van der Waals surface area contributed by atoms with Gasteiger partial charge in [0.15, 0.2) is 11.5 Å². The molecule has 4 heterocycles. The van der Waals surface area contributed by atoms with Crippen molar-refractivity contribution in [3.63, 3.8) is 0 Å². The monoisotopic (exact) mass is 355 g/mol. The average molecular weight is 355 g/mol. The first kappa shape index (κ1) is 16.1.